The minimum absolute atomic E-state index is 0.182. The molecule has 94 valence electrons. The zero-order chi connectivity index (χ0) is 12.1. The molecular formula is C14H21FN2. The van der Waals surface area contributed by atoms with Crippen molar-refractivity contribution in [1.82, 2.24) is 4.90 Å². The standard InChI is InChI=1S/C14H21FN2/c1-17(14-4-2-3-5-14)11-10-16-13-8-6-12(15)7-9-13/h6-9,14,16H,2-5,10-11H2,1H3. The predicted molar refractivity (Wildman–Crippen MR) is 69.8 cm³/mol. The second-order valence-corrected chi connectivity index (χ2v) is 4.85. The molecule has 1 saturated carbocycles. The van der Waals surface area contributed by atoms with Crippen LogP contribution in [0.2, 0.25) is 0 Å². The van der Waals surface area contributed by atoms with Crippen molar-refractivity contribution in [2.24, 2.45) is 0 Å². The number of anilines is 1. The average molecular weight is 236 g/mol. The molecule has 0 bridgehead atoms. The van der Waals surface area contributed by atoms with Crippen molar-refractivity contribution < 1.29 is 4.39 Å². The van der Waals surface area contributed by atoms with Crippen molar-refractivity contribution in [3.05, 3.63) is 30.1 Å². The van der Waals surface area contributed by atoms with Gasteiger partial charge in [0.05, 0.1) is 0 Å². The molecule has 0 saturated heterocycles. The topological polar surface area (TPSA) is 15.3 Å². The monoisotopic (exact) mass is 236 g/mol. The van der Waals surface area contributed by atoms with Crippen LogP contribution in [0.1, 0.15) is 25.7 Å². The van der Waals surface area contributed by atoms with Gasteiger partial charge in [-0.05, 0) is 44.2 Å². The summed E-state index contributed by atoms with van der Waals surface area (Å²) >= 11 is 0. The van der Waals surface area contributed by atoms with Crippen molar-refractivity contribution in [3.8, 4) is 0 Å². The van der Waals surface area contributed by atoms with E-state index in [9.17, 15) is 4.39 Å². The van der Waals surface area contributed by atoms with E-state index in [0.29, 0.717) is 0 Å². The molecule has 0 atom stereocenters. The average Bonchev–Trinajstić information content (AvgIpc) is 2.85. The summed E-state index contributed by atoms with van der Waals surface area (Å²) in [6.07, 6.45) is 5.43. The summed E-state index contributed by atoms with van der Waals surface area (Å²) in [6, 6.07) is 7.31. The summed E-state index contributed by atoms with van der Waals surface area (Å²) < 4.78 is 12.7. The number of rotatable bonds is 5. The maximum atomic E-state index is 12.7. The van der Waals surface area contributed by atoms with Gasteiger partial charge in [-0.1, -0.05) is 12.8 Å². The van der Waals surface area contributed by atoms with Crippen LogP contribution in [0, 0.1) is 5.82 Å². The molecule has 0 heterocycles. The first-order chi connectivity index (χ1) is 8.25. The molecule has 0 spiro atoms. The molecule has 1 aromatic rings. The number of likely N-dealkylation sites (N-methyl/N-ethyl adjacent to an activating group) is 1. The molecule has 1 N–H and O–H groups in total. The van der Waals surface area contributed by atoms with Gasteiger partial charge in [0.15, 0.2) is 0 Å². The molecular weight excluding hydrogens is 215 g/mol. The van der Waals surface area contributed by atoms with Crippen LogP contribution < -0.4 is 5.32 Å². The molecule has 0 radical (unpaired) electrons. The Morgan fingerprint density at radius 3 is 2.53 bits per heavy atom. The van der Waals surface area contributed by atoms with Crippen LogP contribution in [0.5, 0.6) is 0 Å². The smallest absolute Gasteiger partial charge is 0.123 e. The van der Waals surface area contributed by atoms with Gasteiger partial charge in [-0.25, -0.2) is 4.39 Å². The fourth-order valence-electron chi connectivity index (χ4n) is 2.47. The molecule has 17 heavy (non-hydrogen) atoms. The Kier molecular flexibility index (Phi) is 4.37. The van der Waals surface area contributed by atoms with Crippen molar-refractivity contribution in [1.29, 1.82) is 0 Å². The summed E-state index contributed by atoms with van der Waals surface area (Å²) in [7, 11) is 2.20. The number of hydrogen-bond donors (Lipinski definition) is 1. The van der Waals surface area contributed by atoms with Gasteiger partial charge in [-0.15, -0.1) is 0 Å². The Morgan fingerprint density at radius 1 is 1.24 bits per heavy atom. The zero-order valence-corrected chi connectivity index (χ0v) is 10.5. The van der Waals surface area contributed by atoms with Gasteiger partial charge in [0.2, 0.25) is 0 Å². The highest BCUT2D eigenvalue weighted by molar-refractivity contribution is 5.42. The van der Waals surface area contributed by atoms with E-state index in [1.807, 2.05) is 0 Å². The molecule has 1 fully saturated rings. The molecule has 2 rings (SSSR count). The first-order valence-corrected chi connectivity index (χ1v) is 6.45. The number of hydrogen-bond acceptors (Lipinski definition) is 2. The lowest BCUT2D eigenvalue weighted by Gasteiger charge is -2.24. The molecule has 0 amide bonds. The van der Waals surface area contributed by atoms with E-state index in [-0.39, 0.29) is 5.82 Å². The lowest BCUT2D eigenvalue weighted by molar-refractivity contribution is 0.254. The molecule has 1 aromatic carbocycles. The number of benzene rings is 1. The largest absolute Gasteiger partial charge is 0.384 e. The van der Waals surface area contributed by atoms with E-state index in [4.69, 9.17) is 0 Å². The zero-order valence-electron chi connectivity index (χ0n) is 10.5. The third kappa shape index (κ3) is 3.70. The maximum absolute atomic E-state index is 12.7. The number of nitrogens with zero attached hydrogens (tertiary/aromatic N) is 1. The SMILES string of the molecule is CN(CCNc1ccc(F)cc1)C1CCCC1. The lowest BCUT2D eigenvalue weighted by atomic mass is 10.2. The second kappa shape index (κ2) is 6.01. The van der Waals surface area contributed by atoms with Gasteiger partial charge in [-0.2, -0.15) is 0 Å². The molecule has 3 heteroatoms. The normalized spacial score (nSPS) is 16.6. The van der Waals surface area contributed by atoms with Crippen LogP contribution in [0.4, 0.5) is 10.1 Å². The molecule has 1 aliphatic rings. The van der Waals surface area contributed by atoms with Crippen molar-refractivity contribution >= 4 is 5.69 Å². The highest BCUT2D eigenvalue weighted by atomic mass is 19.1. The van der Waals surface area contributed by atoms with Crippen LogP contribution in [0.25, 0.3) is 0 Å². The van der Waals surface area contributed by atoms with Crippen LogP contribution in [-0.4, -0.2) is 31.1 Å². The quantitative estimate of drug-likeness (QED) is 0.845. The van der Waals surface area contributed by atoms with Gasteiger partial charge < -0.3 is 10.2 Å². The van der Waals surface area contributed by atoms with E-state index in [1.165, 1.54) is 37.8 Å². The Balaban J connectivity index is 1.70. The molecule has 1 aliphatic carbocycles. The van der Waals surface area contributed by atoms with Crippen LogP contribution >= 0.6 is 0 Å². The van der Waals surface area contributed by atoms with E-state index in [2.05, 4.69) is 17.3 Å². The highest BCUT2D eigenvalue weighted by Crippen LogP contribution is 2.21. The fourth-order valence-corrected chi connectivity index (χ4v) is 2.47. The van der Waals surface area contributed by atoms with E-state index in [1.54, 1.807) is 12.1 Å². The maximum Gasteiger partial charge on any atom is 0.123 e. The Morgan fingerprint density at radius 2 is 1.88 bits per heavy atom. The summed E-state index contributed by atoms with van der Waals surface area (Å²) in [5.41, 5.74) is 0.992. The van der Waals surface area contributed by atoms with Gasteiger partial charge in [0.25, 0.3) is 0 Å². The van der Waals surface area contributed by atoms with Crippen LogP contribution in [-0.2, 0) is 0 Å². The van der Waals surface area contributed by atoms with Crippen molar-refractivity contribution in [2.45, 2.75) is 31.7 Å². The summed E-state index contributed by atoms with van der Waals surface area (Å²) in [5.74, 6) is -0.182. The third-order valence-corrected chi connectivity index (χ3v) is 3.59. The summed E-state index contributed by atoms with van der Waals surface area (Å²) in [4.78, 5) is 2.43. The van der Waals surface area contributed by atoms with E-state index >= 15 is 0 Å². The first kappa shape index (κ1) is 12.4. The predicted octanol–water partition coefficient (Wildman–Crippen LogP) is 3.11. The minimum atomic E-state index is -0.182. The lowest BCUT2D eigenvalue weighted by Crippen LogP contribution is -2.33. The molecule has 0 aliphatic heterocycles. The van der Waals surface area contributed by atoms with Crippen LogP contribution in [0.3, 0.4) is 0 Å². The molecule has 0 unspecified atom stereocenters. The van der Waals surface area contributed by atoms with Crippen LogP contribution in [0.15, 0.2) is 24.3 Å². The molecule has 2 nitrogen and oxygen atoms in total. The second-order valence-electron chi connectivity index (χ2n) is 4.85. The Hall–Kier alpha value is -1.09. The van der Waals surface area contributed by atoms with Crippen molar-refractivity contribution in [2.75, 3.05) is 25.5 Å². The summed E-state index contributed by atoms with van der Waals surface area (Å²) in [6.45, 7) is 1.96. The van der Waals surface area contributed by atoms with Gasteiger partial charge in [0, 0.05) is 24.8 Å². The highest BCUT2D eigenvalue weighted by Gasteiger charge is 2.18. The van der Waals surface area contributed by atoms with Gasteiger partial charge >= 0.3 is 0 Å². The Bertz CT molecular complexity index is 331. The molecule has 0 aromatic heterocycles. The first-order valence-electron chi connectivity index (χ1n) is 6.45. The van der Waals surface area contributed by atoms with Crippen molar-refractivity contribution in [3.63, 3.8) is 0 Å². The fraction of sp³-hybridized carbons (Fsp3) is 0.571. The number of halogens is 1. The van der Waals surface area contributed by atoms with E-state index in [0.717, 1.165) is 24.8 Å². The number of nitrogens with one attached hydrogen (secondary N) is 1. The Labute approximate surface area is 103 Å². The third-order valence-electron chi connectivity index (χ3n) is 3.59. The van der Waals surface area contributed by atoms with E-state index < -0.39 is 0 Å². The van der Waals surface area contributed by atoms with Gasteiger partial charge in [0.1, 0.15) is 5.82 Å². The minimum Gasteiger partial charge on any atom is -0.384 e. The van der Waals surface area contributed by atoms with Gasteiger partial charge in [-0.3, -0.25) is 0 Å². The summed E-state index contributed by atoms with van der Waals surface area (Å²) in [5, 5.41) is 3.32.